The van der Waals surface area contributed by atoms with Crippen LogP contribution in [0.15, 0.2) is 16.1 Å². The summed E-state index contributed by atoms with van der Waals surface area (Å²) in [5, 5.41) is 6.62. The van der Waals surface area contributed by atoms with Crippen molar-refractivity contribution in [2.75, 3.05) is 19.6 Å². The Hall–Kier alpha value is -2.22. The highest BCUT2D eigenvalue weighted by Crippen LogP contribution is 2.19. The lowest BCUT2D eigenvalue weighted by Gasteiger charge is -2.33. The molecule has 0 aromatic carbocycles. The Bertz CT molecular complexity index is 770. The third-order valence-electron chi connectivity index (χ3n) is 4.69. The van der Waals surface area contributed by atoms with Crippen LogP contribution < -0.4 is 5.32 Å². The quantitative estimate of drug-likeness (QED) is 0.836. The minimum absolute atomic E-state index is 0.181. The monoisotopic (exact) mass is 376 g/mol. The fourth-order valence-corrected chi connectivity index (χ4v) is 3.99. The number of thiazole rings is 1. The average Bonchev–Trinajstić information content (AvgIpc) is 3.26. The lowest BCUT2D eigenvalue weighted by atomic mass is 9.97. The Morgan fingerprint density at radius 1 is 1.42 bits per heavy atom. The lowest BCUT2D eigenvalue weighted by Crippen LogP contribution is -2.43. The fourth-order valence-electron chi connectivity index (χ4n) is 3.20. The van der Waals surface area contributed by atoms with E-state index in [4.69, 9.17) is 4.52 Å². The molecule has 8 heteroatoms. The van der Waals surface area contributed by atoms with Crippen LogP contribution in [0.4, 0.5) is 0 Å². The Kier molecular flexibility index (Phi) is 6.03. The van der Waals surface area contributed by atoms with Crippen LogP contribution in [0.25, 0.3) is 0 Å². The number of likely N-dealkylation sites (tertiary alicyclic amines) is 1. The van der Waals surface area contributed by atoms with Crippen molar-refractivity contribution in [3.8, 4) is 0 Å². The van der Waals surface area contributed by atoms with Crippen molar-refractivity contribution in [1.29, 1.82) is 0 Å². The van der Waals surface area contributed by atoms with Gasteiger partial charge in [0.15, 0.2) is 5.69 Å². The maximum absolute atomic E-state index is 12.5. The van der Waals surface area contributed by atoms with E-state index in [1.807, 2.05) is 17.3 Å². The molecule has 0 saturated carbocycles. The molecule has 1 saturated heterocycles. The smallest absolute Gasteiger partial charge is 0.273 e. The van der Waals surface area contributed by atoms with Gasteiger partial charge in [-0.1, -0.05) is 5.16 Å². The van der Waals surface area contributed by atoms with Gasteiger partial charge in [0.05, 0.1) is 11.2 Å². The number of aryl methyl sites for hydroxylation is 3. The molecule has 26 heavy (non-hydrogen) atoms. The van der Waals surface area contributed by atoms with Crippen molar-refractivity contribution in [2.45, 2.75) is 39.5 Å². The van der Waals surface area contributed by atoms with E-state index in [0.717, 1.165) is 31.5 Å². The first kappa shape index (κ1) is 18.6. The van der Waals surface area contributed by atoms with Crippen LogP contribution in [-0.2, 0) is 11.2 Å². The third kappa shape index (κ3) is 4.69. The predicted octanol–water partition coefficient (Wildman–Crippen LogP) is 2.35. The zero-order chi connectivity index (χ0) is 18.5. The van der Waals surface area contributed by atoms with Crippen LogP contribution in [0.3, 0.4) is 0 Å². The van der Waals surface area contributed by atoms with Crippen molar-refractivity contribution in [1.82, 2.24) is 20.4 Å². The van der Waals surface area contributed by atoms with E-state index in [-0.39, 0.29) is 17.7 Å². The van der Waals surface area contributed by atoms with Gasteiger partial charge in [-0.15, -0.1) is 11.3 Å². The standard InChI is InChI=1S/C18H24N4O3S/c1-12-8-15(21-25-12)18(24)19-9-14-4-3-7-22(10-14)17(23)6-5-16-13(2)20-11-26-16/h8,11,14H,3-7,9-10H2,1-2H3,(H,19,24)/t14-/m0/s1. The van der Waals surface area contributed by atoms with Gasteiger partial charge in [-0.25, -0.2) is 4.98 Å². The molecule has 3 rings (SSSR count). The van der Waals surface area contributed by atoms with Crippen molar-refractivity contribution < 1.29 is 14.1 Å². The maximum Gasteiger partial charge on any atom is 0.273 e. The summed E-state index contributed by atoms with van der Waals surface area (Å²) in [6.07, 6.45) is 3.24. The highest BCUT2D eigenvalue weighted by atomic mass is 32.1. The molecule has 1 aliphatic heterocycles. The molecule has 0 bridgehead atoms. The molecule has 1 aliphatic rings. The number of hydrogen-bond donors (Lipinski definition) is 1. The van der Waals surface area contributed by atoms with Gasteiger partial charge >= 0.3 is 0 Å². The van der Waals surface area contributed by atoms with E-state index in [9.17, 15) is 9.59 Å². The molecule has 140 valence electrons. The number of carbonyl (C=O) groups excluding carboxylic acids is 2. The molecule has 0 spiro atoms. The van der Waals surface area contributed by atoms with E-state index in [0.29, 0.717) is 31.0 Å². The Morgan fingerprint density at radius 2 is 2.27 bits per heavy atom. The summed E-state index contributed by atoms with van der Waals surface area (Å²) in [7, 11) is 0. The second-order valence-corrected chi connectivity index (χ2v) is 7.68. The minimum atomic E-state index is -0.231. The number of nitrogens with one attached hydrogen (secondary N) is 1. The number of aromatic nitrogens is 2. The van der Waals surface area contributed by atoms with Gasteiger partial charge in [0.25, 0.3) is 5.91 Å². The van der Waals surface area contributed by atoms with Gasteiger partial charge in [-0.05, 0) is 39.0 Å². The second kappa shape index (κ2) is 8.44. The van der Waals surface area contributed by atoms with E-state index in [2.05, 4.69) is 15.5 Å². The molecule has 7 nitrogen and oxygen atoms in total. The van der Waals surface area contributed by atoms with Crippen molar-refractivity contribution in [3.05, 3.63) is 33.6 Å². The Labute approximate surface area is 156 Å². The normalized spacial score (nSPS) is 17.3. The molecule has 0 radical (unpaired) electrons. The van der Waals surface area contributed by atoms with Crippen molar-refractivity contribution >= 4 is 23.2 Å². The van der Waals surface area contributed by atoms with Crippen LogP contribution in [0.1, 0.15) is 46.1 Å². The molecule has 0 aliphatic carbocycles. The third-order valence-corrected chi connectivity index (χ3v) is 5.69. The SMILES string of the molecule is Cc1cc(C(=O)NC[C@@H]2CCCN(C(=O)CCc3scnc3C)C2)no1. The molecule has 0 unspecified atom stereocenters. The summed E-state index contributed by atoms with van der Waals surface area (Å²) in [6, 6.07) is 1.62. The van der Waals surface area contributed by atoms with E-state index >= 15 is 0 Å². The zero-order valence-electron chi connectivity index (χ0n) is 15.2. The molecule has 3 heterocycles. The van der Waals surface area contributed by atoms with Gasteiger partial charge in [0, 0.05) is 37.0 Å². The average molecular weight is 376 g/mol. The van der Waals surface area contributed by atoms with Gasteiger partial charge in [0.1, 0.15) is 5.76 Å². The van der Waals surface area contributed by atoms with Crippen molar-refractivity contribution in [3.63, 3.8) is 0 Å². The number of rotatable bonds is 6. The Morgan fingerprint density at radius 3 is 2.96 bits per heavy atom. The fraction of sp³-hybridized carbons (Fsp3) is 0.556. The van der Waals surface area contributed by atoms with E-state index < -0.39 is 0 Å². The molecule has 2 aromatic rings. The molecule has 2 amide bonds. The highest BCUT2D eigenvalue weighted by Gasteiger charge is 2.24. The highest BCUT2D eigenvalue weighted by molar-refractivity contribution is 7.09. The van der Waals surface area contributed by atoms with E-state index in [1.165, 1.54) is 4.88 Å². The predicted molar refractivity (Wildman–Crippen MR) is 98.0 cm³/mol. The number of nitrogens with zero attached hydrogens (tertiary/aromatic N) is 3. The molecular weight excluding hydrogens is 352 g/mol. The van der Waals surface area contributed by atoms with Crippen molar-refractivity contribution in [2.24, 2.45) is 5.92 Å². The van der Waals surface area contributed by atoms with Crippen LogP contribution in [0.5, 0.6) is 0 Å². The van der Waals surface area contributed by atoms with Crippen LogP contribution in [0, 0.1) is 19.8 Å². The zero-order valence-corrected chi connectivity index (χ0v) is 16.0. The topological polar surface area (TPSA) is 88.3 Å². The summed E-state index contributed by atoms with van der Waals surface area (Å²) in [6.45, 7) is 5.77. The summed E-state index contributed by atoms with van der Waals surface area (Å²) in [5.74, 6) is 0.836. The largest absolute Gasteiger partial charge is 0.361 e. The number of carbonyl (C=O) groups is 2. The summed E-state index contributed by atoms with van der Waals surface area (Å²) in [4.78, 5) is 31.9. The van der Waals surface area contributed by atoms with E-state index in [1.54, 1.807) is 24.3 Å². The van der Waals surface area contributed by atoms with Crippen LogP contribution in [0.2, 0.25) is 0 Å². The lowest BCUT2D eigenvalue weighted by molar-refractivity contribution is -0.132. The first-order chi connectivity index (χ1) is 12.5. The molecule has 1 N–H and O–H groups in total. The van der Waals surface area contributed by atoms with Gasteiger partial charge in [0.2, 0.25) is 5.91 Å². The van der Waals surface area contributed by atoms with Crippen LogP contribution >= 0.6 is 11.3 Å². The Balaban J connectivity index is 1.45. The minimum Gasteiger partial charge on any atom is -0.361 e. The van der Waals surface area contributed by atoms with Crippen LogP contribution in [-0.4, -0.2) is 46.5 Å². The number of amides is 2. The number of piperidine rings is 1. The summed E-state index contributed by atoms with van der Waals surface area (Å²) >= 11 is 1.61. The summed E-state index contributed by atoms with van der Waals surface area (Å²) < 4.78 is 4.92. The first-order valence-electron chi connectivity index (χ1n) is 8.91. The van der Waals surface area contributed by atoms with Gasteiger partial charge in [-0.3, -0.25) is 9.59 Å². The molecule has 1 atom stereocenters. The first-order valence-corrected chi connectivity index (χ1v) is 9.79. The number of hydrogen-bond acceptors (Lipinski definition) is 6. The summed E-state index contributed by atoms with van der Waals surface area (Å²) in [5.41, 5.74) is 3.14. The maximum atomic E-state index is 12.5. The molecule has 2 aromatic heterocycles. The molecular formula is C18H24N4O3S. The second-order valence-electron chi connectivity index (χ2n) is 6.74. The van der Waals surface area contributed by atoms with Gasteiger partial charge < -0.3 is 14.7 Å². The van der Waals surface area contributed by atoms with Gasteiger partial charge in [-0.2, -0.15) is 0 Å². The molecule has 1 fully saturated rings.